The highest BCUT2D eigenvalue weighted by Crippen LogP contribution is 2.16. The maximum Gasteiger partial charge on any atom is 0.178 e. The van der Waals surface area contributed by atoms with Gasteiger partial charge in [0.2, 0.25) is 0 Å². The molecule has 23 heavy (non-hydrogen) atoms. The minimum absolute atomic E-state index is 0.331. The average Bonchev–Trinajstić information content (AvgIpc) is 3.07. The molecule has 7 nitrogen and oxygen atoms in total. The quantitative estimate of drug-likeness (QED) is 0.703. The molecule has 1 N–H and O–H groups in total. The van der Waals surface area contributed by atoms with E-state index in [0.29, 0.717) is 18.2 Å². The van der Waals surface area contributed by atoms with Gasteiger partial charge in [-0.05, 0) is 17.2 Å². The van der Waals surface area contributed by atoms with Crippen molar-refractivity contribution in [3.05, 3.63) is 66.1 Å². The fourth-order valence-corrected chi connectivity index (χ4v) is 2.06. The molecular formula is C16H17N5O2. The summed E-state index contributed by atoms with van der Waals surface area (Å²) in [6.07, 6.45) is 5.21. The Kier molecular flexibility index (Phi) is 4.49. The van der Waals surface area contributed by atoms with Crippen LogP contribution in [0.2, 0.25) is 0 Å². The number of aromatic nitrogens is 4. The van der Waals surface area contributed by atoms with Crippen molar-refractivity contribution in [3.8, 4) is 5.75 Å². The molecule has 1 aromatic carbocycles. The van der Waals surface area contributed by atoms with Crippen LogP contribution in [0.3, 0.4) is 0 Å². The second-order valence-corrected chi connectivity index (χ2v) is 5.08. The van der Waals surface area contributed by atoms with Crippen LogP contribution >= 0.6 is 0 Å². The first-order valence-electron chi connectivity index (χ1n) is 7.14. The highest BCUT2D eigenvalue weighted by molar-refractivity contribution is 5.38. The molecule has 2 heterocycles. The Balaban J connectivity index is 1.59. The van der Waals surface area contributed by atoms with E-state index in [0.717, 1.165) is 17.2 Å². The standard InChI is InChI=1S/C16H17N5O2/c1-20(22)16-9-15(10-17-19-16)23-12-14-5-3-13(4-6-14)11-21-8-2-7-18-21/h2-10,22H,11-12H2,1H3. The summed E-state index contributed by atoms with van der Waals surface area (Å²) in [5.41, 5.74) is 2.22. The number of benzene rings is 1. The average molecular weight is 311 g/mol. The molecule has 0 aliphatic rings. The summed E-state index contributed by atoms with van der Waals surface area (Å²) in [5, 5.41) is 22.0. The van der Waals surface area contributed by atoms with E-state index in [4.69, 9.17) is 4.74 Å². The number of hydrogen-bond donors (Lipinski definition) is 1. The molecule has 2 aromatic heterocycles. The van der Waals surface area contributed by atoms with Crippen LogP contribution in [0, 0.1) is 0 Å². The molecule has 0 atom stereocenters. The highest BCUT2D eigenvalue weighted by atomic mass is 16.5. The summed E-state index contributed by atoms with van der Waals surface area (Å²) in [4.78, 5) is 0. The zero-order valence-electron chi connectivity index (χ0n) is 12.7. The lowest BCUT2D eigenvalue weighted by molar-refractivity contribution is 0.271. The van der Waals surface area contributed by atoms with Crippen LogP contribution in [0.5, 0.6) is 5.75 Å². The topological polar surface area (TPSA) is 76.3 Å². The minimum Gasteiger partial charge on any atom is -0.487 e. The van der Waals surface area contributed by atoms with Crippen molar-refractivity contribution in [3.63, 3.8) is 0 Å². The second kappa shape index (κ2) is 6.89. The van der Waals surface area contributed by atoms with E-state index in [1.165, 1.54) is 18.8 Å². The SMILES string of the molecule is CN(O)c1cc(OCc2ccc(Cn3cccn3)cc2)cnn1. The van der Waals surface area contributed by atoms with E-state index >= 15 is 0 Å². The Morgan fingerprint density at radius 1 is 1.22 bits per heavy atom. The van der Waals surface area contributed by atoms with Gasteiger partial charge in [-0.15, -0.1) is 5.10 Å². The Labute approximate surface area is 133 Å². The molecule has 3 aromatic rings. The van der Waals surface area contributed by atoms with E-state index < -0.39 is 0 Å². The van der Waals surface area contributed by atoms with Crippen molar-refractivity contribution < 1.29 is 9.94 Å². The number of rotatable bonds is 6. The van der Waals surface area contributed by atoms with E-state index in [2.05, 4.69) is 27.4 Å². The summed E-state index contributed by atoms with van der Waals surface area (Å²) in [7, 11) is 1.48. The first-order valence-corrected chi connectivity index (χ1v) is 7.14. The van der Waals surface area contributed by atoms with Gasteiger partial charge in [0.05, 0.1) is 12.7 Å². The molecule has 0 aliphatic heterocycles. The van der Waals surface area contributed by atoms with Gasteiger partial charge in [-0.2, -0.15) is 10.2 Å². The largest absolute Gasteiger partial charge is 0.487 e. The van der Waals surface area contributed by atoms with Crippen LogP contribution in [0.1, 0.15) is 11.1 Å². The molecule has 0 fully saturated rings. The van der Waals surface area contributed by atoms with Gasteiger partial charge in [-0.25, -0.2) is 5.06 Å². The normalized spacial score (nSPS) is 10.5. The zero-order chi connectivity index (χ0) is 16.1. The molecule has 0 bridgehead atoms. The number of ether oxygens (including phenoxy) is 1. The van der Waals surface area contributed by atoms with Crippen molar-refractivity contribution in [2.75, 3.05) is 12.1 Å². The first-order chi connectivity index (χ1) is 11.2. The van der Waals surface area contributed by atoms with Crippen LogP contribution in [0.15, 0.2) is 55.0 Å². The molecule has 0 radical (unpaired) electrons. The molecule has 0 aliphatic carbocycles. The Bertz CT molecular complexity index is 741. The summed E-state index contributed by atoms with van der Waals surface area (Å²) < 4.78 is 7.55. The second-order valence-electron chi connectivity index (χ2n) is 5.08. The number of hydroxylamine groups is 1. The zero-order valence-corrected chi connectivity index (χ0v) is 12.7. The molecule has 0 saturated heterocycles. The van der Waals surface area contributed by atoms with Gasteiger partial charge in [0.25, 0.3) is 0 Å². The Morgan fingerprint density at radius 3 is 2.70 bits per heavy atom. The first kappa shape index (κ1) is 15.0. The molecule has 3 rings (SSSR count). The molecule has 118 valence electrons. The van der Waals surface area contributed by atoms with E-state index in [1.807, 2.05) is 29.1 Å². The smallest absolute Gasteiger partial charge is 0.178 e. The lowest BCUT2D eigenvalue weighted by atomic mass is 10.1. The van der Waals surface area contributed by atoms with E-state index in [1.54, 1.807) is 12.3 Å². The summed E-state index contributed by atoms with van der Waals surface area (Å²) >= 11 is 0. The van der Waals surface area contributed by atoms with Gasteiger partial charge in [0.1, 0.15) is 12.4 Å². The predicted molar refractivity (Wildman–Crippen MR) is 84.3 cm³/mol. The third-order valence-electron chi connectivity index (χ3n) is 3.28. The molecule has 0 unspecified atom stereocenters. The lowest BCUT2D eigenvalue weighted by Crippen LogP contribution is -2.12. The van der Waals surface area contributed by atoms with Crippen molar-refractivity contribution in [1.82, 2.24) is 20.0 Å². The monoisotopic (exact) mass is 311 g/mol. The van der Waals surface area contributed by atoms with E-state index in [-0.39, 0.29) is 0 Å². The van der Waals surface area contributed by atoms with Gasteiger partial charge in [0, 0.05) is 25.5 Å². The maximum absolute atomic E-state index is 9.34. The third-order valence-corrected chi connectivity index (χ3v) is 3.28. The van der Waals surface area contributed by atoms with Gasteiger partial charge in [-0.3, -0.25) is 9.89 Å². The number of anilines is 1. The van der Waals surface area contributed by atoms with Crippen molar-refractivity contribution in [2.24, 2.45) is 0 Å². The molecule has 0 saturated carbocycles. The van der Waals surface area contributed by atoms with Crippen LogP contribution < -0.4 is 9.80 Å². The molecular weight excluding hydrogens is 294 g/mol. The lowest BCUT2D eigenvalue weighted by Gasteiger charge is -2.10. The van der Waals surface area contributed by atoms with Gasteiger partial charge in [0.15, 0.2) is 5.82 Å². The van der Waals surface area contributed by atoms with Crippen LogP contribution in [-0.2, 0) is 13.2 Å². The van der Waals surface area contributed by atoms with Crippen LogP contribution in [0.4, 0.5) is 5.82 Å². The van der Waals surface area contributed by atoms with E-state index in [9.17, 15) is 5.21 Å². The van der Waals surface area contributed by atoms with Gasteiger partial charge >= 0.3 is 0 Å². The van der Waals surface area contributed by atoms with Crippen molar-refractivity contribution in [2.45, 2.75) is 13.2 Å². The van der Waals surface area contributed by atoms with Crippen LogP contribution in [-0.4, -0.2) is 32.2 Å². The van der Waals surface area contributed by atoms with Gasteiger partial charge < -0.3 is 4.74 Å². The maximum atomic E-state index is 9.34. The summed E-state index contributed by atoms with van der Waals surface area (Å²) in [6.45, 7) is 1.16. The fraction of sp³-hybridized carbons (Fsp3) is 0.188. The molecule has 0 amide bonds. The van der Waals surface area contributed by atoms with Crippen LogP contribution in [0.25, 0.3) is 0 Å². The summed E-state index contributed by atoms with van der Waals surface area (Å²) in [6, 6.07) is 11.7. The number of nitrogens with zero attached hydrogens (tertiary/aromatic N) is 5. The highest BCUT2D eigenvalue weighted by Gasteiger charge is 2.03. The molecule has 0 spiro atoms. The van der Waals surface area contributed by atoms with Crippen molar-refractivity contribution >= 4 is 5.82 Å². The number of hydrogen-bond acceptors (Lipinski definition) is 6. The predicted octanol–water partition coefficient (Wildman–Crippen LogP) is 2.13. The fourth-order valence-electron chi connectivity index (χ4n) is 2.06. The summed E-state index contributed by atoms with van der Waals surface area (Å²) in [5.74, 6) is 0.883. The van der Waals surface area contributed by atoms with Gasteiger partial charge in [-0.1, -0.05) is 24.3 Å². The van der Waals surface area contributed by atoms with Crippen molar-refractivity contribution in [1.29, 1.82) is 0 Å². The molecule has 7 heteroatoms. The minimum atomic E-state index is 0.331. The Hall–Kier alpha value is -2.93. The third kappa shape index (κ3) is 4.04. The Morgan fingerprint density at radius 2 is 2.00 bits per heavy atom.